The molecule has 12 heteroatoms. The van der Waals surface area contributed by atoms with Crippen LogP contribution in [0.2, 0.25) is 0 Å². The number of carbonyl (C=O) groups excluding carboxylic acids is 1. The summed E-state index contributed by atoms with van der Waals surface area (Å²) in [5, 5.41) is 3.41. The van der Waals surface area contributed by atoms with Crippen molar-refractivity contribution in [1.82, 2.24) is 14.5 Å². The van der Waals surface area contributed by atoms with Gasteiger partial charge in [-0.3, -0.25) is 9.79 Å². The number of nitrogens with zero attached hydrogens (tertiary/aromatic N) is 3. The maximum atomic E-state index is 14.0. The van der Waals surface area contributed by atoms with E-state index in [1.165, 1.54) is 28.6 Å². The third-order valence-corrected chi connectivity index (χ3v) is 12.0. The summed E-state index contributed by atoms with van der Waals surface area (Å²) in [5.41, 5.74) is -1.89. The Morgan fingerprint density at radius 1 is 1.05 bits per heavy atom. The van der Waals surface area contributed by atoms with E-state index in [0.717, 1.165) is 30.7 Å². The van der Waals surface area contributed by atoms with E-state index in [-0.39, 0.29) is 34.6 Å². The lowest BCUT2D eigenvalue weighted by Gasteiger charge is -2.50. The van der Waals surface area contributed by atoms with Crippen molar-refractivity contribution in [2.24, 2.45) is 22.2 Å². The maximum absolute atomic E-state index is 14.0. The van der Waals surface area contributed by atoms with Crippen molar-refractivity contribution in [2.75, 3.05) is 19.6 Å². The van der Waals surface area contributed by atoms with Crippen LogP contribution in [-0.4, -0.2) is 60.1 Å². The minimum atomic E-state index is -4.51. The van der Waals surface area contributed by atoms with Gasteiger partial charge >= 0.3 is 6.18 Å². The number of aliphatic imine (C=N–C) groups is 1. The predicted molar refractivity (Wildman–Crippen MR) is 153 cm³/mol. The molecule has 5 aliphatic rings. The summed E-state index contributed by atoms with van der Waals surface area (Å²) in [4.78, 5) is 19.9. The number of carbonyl (C=O) groups is 1. The molecule has 4 fully saturated rings. The molecule has 1 N–H and O–H groups in total. The summed E-state index contributed by atoms with van der Waals surface area (Å²) in [7, 11) is -4.14. The molecule has 2 bridgehead atoms. The molecular weight excluding hydrogens is 584 g/mol. The van der Waals surface area contributed by atoms with E-state index in [1.54, 1.807) is 0 Å². The van der Waals surface area contributed by atoms with Crippen molar-refractivity contribution in [3.63, 3.8) is 0 Å². The Kier molecular flexibility index (Phi) is 7.00. The van der Waals surface area contributed by atoms with E-state index in [9.17, 15) is 30.8 Å². The minimum Gasteiger partial charge on any atom is -0.358 e. The maximum Gasteiger partial charge on any atom is 0.416 e. The molecule has 7 nitrogen and oxygen atoms in total. The number of amides is 1. The minimum absolute atomic E-state index is 0.0139. The fraction of sp³-hybridized carbons (Fsp3) is 0.548. The van der Waals surface area contributed by atoms with Crippen molar-refractivity contribution >= 4 is 21.8 Å². The third kappa shape index (κ3) is 5.13. The Bertz CT molecular complexity index is 1550. The van der Waals surface area contributed by atoms with Gasteiger partial charge in [0.15, 0.2) is 0 Å². The molecule has 232 valence electrons. The van der Waals surface area contributed by atoms with Gasteiger partial charge in [-0.2, -0.15) is 17.5 Å². The van der Waals surface area contributed by atoms with Gasteiger partial charge in [0.2, 0.25) is 15.9 Å². The van der Waals surface area contributed by atoms with E-state index in [2.05, 4.69) is 19.2 Å². The lowest BCUT2D eigenvalue weighted by atomic mass is 9.76. The summed E-state index contributed by atoms with van der Waals surface area (Å²) in [6, 6.07) is 9.09. The van der Waals surface area contributed by atoms with Gasteiger partial charge in [0.05, 0.1) is 17.0 Å². The zero-order valence-corrected chi connectivity index (χ0v) is 25.2. The Labute approximate surface area is 249 Å². The van der Waals surface area contributed by atoms with Crippen LogP contribution in [0.5, 0.6) is 0 Å². The summed E-state index contributed by atoms with van der Waals surface area (Å²) in [6.45, 7) is 7.76. The average molecular weight is 621 g/mol. The number of rotatable bonds is 8. The van der Waals surface area contributed by atoms with Gasteiger partial charge in [0.1, 0.15) is 17.2 Å². The molecule has 0 spiro atoms. The van der Waals surface area contributed by atoms with Crippen molar-refractivity contribution in [2.45, 2.75) is 75.1 Å². The van der Waals surface area contributed by atoms with E-state index in [0.29, 0.717) is 50.3 Å². The highest BCUT2D eigenvalue weighted by atomic mass is 32.2. The van der Waals surface area contributed by atoms with Crippen molar-refractivity contribution in [3.05, 3.63) is 65.5 Å². The number of alkyl halides is 3. The van der Waals surface area contributed by atoms with Crippen molar-refractivity contribution in [1.29, 1.82) is 0 Å². The second-order valence-electron chi connectivity index (χ2n) is 13.3. The van der Waals surface area contributed by atoms with Gasteiger partial charge in [-0.05, 0) is 80.5 Å². The first kappa shape index (κ1) is 30.1. The molecule has 0 aromatic heterocycles. The summed E-state index contributed by atoms with van der Waals surface area (Å²) >= 11 is 0. The number of fused-ring (bicyclic) bond motifs is 1. The first-order valence-electron chi connectivity index (χ1n) is 14.6. The zero-order valence-electron chi connectivity index (χ0n) is 24.4. The van der Waals surface area contributed by atoms with Gasteiger partial charge in [0.25, 0.3) is 0 Å². The standard InChI is InChI=1S/C31H36F4N4O3S/c1-4-28(2)18-38(19-28)27(40)29(3)17-36-26(37-29)25-15-30(13-21(25)14-30)39(43(41,42)24-11-9-23(32)10-12-24)16-20-5-7-22(8-6-20)31(33,34)35/h5-12,21,25H,4,13-19H2,1-3H3,(H,36,37)/t21?,25?,29-,30?/m1/s1. The molecule has 1 amide bonds. The Morgan fingerprint density at radius 3 is 2.26 bits per heavy atom. The zero-order chi connectivity index (χ0) is 31.0. The van der Waals surface area contributed by atoms with Crippen LogP contribution in [0.25, 0.3) is 0 Å². The van der Waals surface area contributed by atoms with E-state index >= 15 is 0 Å². The highest BCUT2D eigenvalue weighted by molar-refractivity contribution is 7.89. The summed E-state index contributed by atoms with van der Waals surface area (Å²) in [5.74, 6) is 0.226. The SMILES string of the molecule is CCC1(C)CN(C(=O)[C@@]2(C)CN=C(C3CC4(N(Cc5ccc(C(F)(F)F)cc5)S(=O)(=O)c5ccc(F)cc5)CC3C4)N2)C1. The normalized spacial score (nSPS) is 29.6. The second kappa shape index (κ2) is 10.0. The molecule has 3 aliphatic carbocycles. The third-order valence-electron chi connectivity index (χ3n) is 10.1. The second-order valence-corrected chi connectivity index (χ2v) is 15.2. The van der Waals surface area contributed by atoms with Gasteiger partial charge < -0.3 is 10.2 Å². The number of benzene rings is 2. The molecule has 2 heterocycles. The fourth-order valence-electron chi connectivity index (χ4n) is 7.30. The lowest BCUT2D eigenvalue weighted by Crippen LogP contribution is -2.65. The monoisotopic (exact) mass is 620 g/mol. The largest absolute Gasteiger partial charge is 0.416 e. The van der Waals surface area contributed by atoms with Crippen molar-refractivity contribution < 1.29 is 30.8 Å². The molecule has 2 aromatic rings. The quantitative estimate of drug-likeness (QED) is 0.411. The van der Waals surface area contributed by atoms with Gasteiger partial charge in [-0.15, -0.1) is 0 Å². The number of amidine groups is 1. The highest BCUT2D eigenvalue weighted by Gasteiger charge is 2.63. The van der Waals surface area contributed by atoms with E-state index < -0.39 is 38.7 Å². The molecule has 2 atom stereocenters. The lowest BCUT2D eigenvalue weighted by molar-refractivity contribution is -0.148. The molecule has 2 aromatic carbocycles. The van der Waals surface area contributed by atoms with Crippen LogP contribution in [0, 0.1) is 23.1 Å². The fourth-order valence-corrected chi connectivity index (χ4v) is 9.09. The summed E-state index contributed by atoms with van der Waals surface area (Å²) < 4.78 is 82.6. The number of halogens is 4. The van der Waals surface area contributed by atoms with Crippen LogP contribution in [0.15, 0.2) is 58.4 Å². The molecule has 7 rings (SSSR count). The van der Waals surface area contributed by atoms with Crippen LogP contribution in [0.4, 0.5) is 17.6 Å². The predicted octanol–water partition coefficient (Wildman–Crippen LogP) is 5.22. The van der Waals surface area contributed by atoms with Crippen LogP contribution in [0.3, 0.4) is 0 Å². The molecule has 1 saturated heterocycles. The number of sulfonamides is 1. The number of hydrogen-bond donors (Lipinski definition) is 1. The van der Waals surface area contributed by atoms with Crippen LogP contribution in [0.1, 0.15) is 57.6 Å². The smallest absolute Gasteiger partial charge is 0.358 e. The van der Waals surface area contributed by atoms with Gasteiger partial charge in [-0.1, -0.05) is 26.0 Å². The molecule has 0 radical (unpaired) electrons. The number of nitrogens with one attached hydrogen (secondary N) is 1. The van der Waals surface area contributed by atoms with E-state index in [4.69, 9.17) is 4.99 Å². The highest BCUT2D eigenvalue weighted by Crippen LogP contribution is 2.60. The molecule has 2 aliphatic heterocycles. The molecule has 43 heavy (non-hydrogen) atoms. The topological polar surface area (TPSA) is 82.1 Å². The van der Waals surface area contributed by atoms with Gasteiger partial charge in [-0.25, -0.2) is 12.8 Å². The van der Waals surface area contributed by atoms with Crippen LogP contribution in [-0.2, 0) is 27.5 Å². The van der Waals surface area contributed by atoms with Crippen molar-refractivity contribution in [3.8, 4) is 0 Å². The number of hydrogen-bond acceptors (Lipinski definition) is 5. The average Bonchev–Trinajstić information content (AvgIpc) is 3.61. The Morgan fingerprint density at radius 2 is 1.67 bits per heavy atom. The van der Waals surface area contributed by atoms with E-state index in [1.807, 2.05) is 11.8 Å². The molecular formula is C31H36F4N4O3S. The number of likely N-dealkylation sites (tertiary alicyclic amines) is 1. The first-order valence-corrected chi connectivity index (χ1v) is 16.1. The van der Waals surface area contributed by atoms with Crippen LogP contribution < -0.4 is 5.32 Å². The summed E-state index contributed by atoms with van der Waals surface area (Å²) in [6.07, 6.45) is -1.92. The molecule has 1 unspecified atom stereocenters. The first-order chi connectivity index (χ1) is 20.1. The molecule has 3 saturated carbocycles. The van der Waals surface area contributed by atoms with Gasteiger partial charge in [0, 0.05) is 36.5 Å². The van der Waals surface area contributed by atoms with Crippen LogP contribution >= 0.6 is 0 Å². The Hall–Kier alpha value is -2.99. The Balaban J connectivity index is 1.23.